The molecule has 0 aliphatic rings. The Labute approximate surface area is 263 Å². The summed E-state index contributed by atoms with van der Waals surface area (Å²) in [6.07, 6.45) is 36.3. The van der Waals surface area contributed by atoms with E-state index < -0.39 is 24.4 Å². The van der Waals surface area contributed by atoms with Crippen molar-refractivity contribution < 1.29 is 25.2 Å². The SMILES string of the molecule is CCCCC/C=C\C[C@H](O)/C=C/C=C/C=C\[C@H](O)CCCC(=O)N[C@@H](CO)[C@H](O)/C=C/CCCCCCCCCCCC. The molecule has 6 heteroatoms. The maximum Gasteiger partial charge on any atom is 0.220 e. The number of rotatable bonds is 29. The molecule has 0 aromatic rings. The number of amides is 1. The van der Waals surface area contributed by atoms with Gasteiger partial charge in [-0.25, -0.2) is 0 Å². The monoisotopic (exact) mass is 603 g/mol. The molecule has 0 aromatic heterocycles. The first-order valence-electron chi connectivity index (χ1n) is 17.2. The van der Waals surface area contributed by atoms with Gasteiger partial charge in [0.1, 0.15) is 0 Å². The van der Waals surface area contributed by atoms with E-state index in [0.717, 1.165) is 19.3 Å². The van der Waals surface area contributed by atoms with E-state index >= 15 is 0 Å². The highest BCUT2D eigenvalue weighted by molar-refractivity contribution is 5.76. The summed E-state index contributed by atoms with van der Waals surface area (Å²) in [4.78, 5) is 12.3. The van der Waals surface area contributed by atoms with Crippen molar-refractivity contribution in [1.82, 2.24) is 5.32 Å². The van der Waals surface area contributed by atoms with Crippen LogP contribution in [0.1, 0.15) is 136 Å². The number of hydrogen-bond donors (Lipinski definition) is 5. The van der Waals surface area contributed by atoms with Crippen LogP contribution in [-0.2, 0) is 4.79 Å². The van der Waals surface area contributed by atoms with E-state index in [4.69, 9.17) is 0 Å². The van der Waals surface area contributed by atoms with Gasteiger partial charge in [0.2, 0.25) is 5.91 Å². The zero-order valence-corrected chi connectivity index (χ0v) is 27.4. The topological polar surface area (TPSA) is 110 Å². The number of carbonyl (C=O) groups is 1. The highest BCUT2D eigenvalue weighted by Gasteiger charge is 2.18. The fourth-order valence-corrected chi connectivity index (χ4v) is 4.66. The van der Waals surface area contributed by atoms with E-state index in [-0.39, 0.29) is 18.9 Å². The zero-order valence-electron chi connectivity index (χ0n) is 27.4. The Kier molecular flexibility index (Phi) is 30.0. The maximum atomic E-state index is 12.3. The van der Waals surface area contributed by atoms with Crippen LogP contribution in [0.2, 0.25) is 0 Å². The molecule has 43 heavy (non-hydrogen) atoms. The summed E-state index contributed by atoms with van der Waals surface area (Å²) in [5, 5.41) is 42.8. The van der Waals surface area contributed by atoms with Crippen molar-refractivity contribution in [2.45, 2.75) is 160 Å². The van der Waals surface area contributed by atoms with Crippen LogP contribution in [0.15, 0.2) is 60.8 Å². The molecule has 0 heterocycles. The fourth-order valence-electron chi connectivity index (χ4n) is 4.66. The first-order chi connectivity index (χ1) is 20.9. The predicted octanol–water partition coefficient (Wildman–Crippen LogP) is 7.78. The minimum atomic E-state index is -0.931. The lowest BCUT2D eigenvalue weighted by Crippen LogP contribution is -2.45. The van der Waals surface area contributed by atoms with Crippen LogP contribution >= 0.6 is 0 Å². The molecule has 0 saturated heterocycles. The van der Waals surface area contributed by atoms with Crippen molar-refractivity contribution >= 4 is 5.91 Å². The largest absolute Gasteiger partial charge is 0.394 e. The molecule has 0 bridgehead atoms. The average Bonchev–Trinajstić information content (AvgIpc) is 2.99. The average molecular weight is 604 g/mol. The summed E-state index contributed by atoms with van der Waals surface area (Å²) in [6, 6.07) is -0.736. The Morgan fingerprint density at radius 3 is 1.79 bits per heavy atom. The molecular weight excluding hydrogens is 538 g/mol. The Morgan fingerprint density at radius 2 is 1.16 bits per heavy atom. The fraction of sp³-hybridized carbons (Fsp3) is 0.703. The molecule has 5 N–H and O–H groups in total. The lowest BCUT2D eigenvalue weighted by Gasteiger charge is -2.20. The summed E-state index contributed by atoms with van der Waals surface area (Å²) in [6.45, 7) is 4.09. The minimum absolute atomic E-state index is 0.208. The van der Waals surface area contributed by atoms with Crippen LogP contribution in [0, 0.1) is 0 Å². The molecule has 0 aromatic carbocycles. The highest BCUT2D eigenvalue weighted by Crippen LogP contribution is 2.12. The Bertz CT molecular complexity index is 773. The first-order valence-corrected chi connectivity index (χ1v) is 17.2. The molecule has 0 radical (unpaired) electrons. The van der Waals surface area contributed by atoms with Crippen molar-refractivity contribution in [3.63, 3.8) is 0 Å². The minimum Gasteiger partial charge on any atom is -0.394 e. The van der Waals surface area contributed by atoms with Gasteiger partial charge in [0.25, 0.3) is 0 Å². The lowest BCUT2D eigenvalue weighted by atomic mass is 10.1. The van der Waals surface area contributed by atoms with Gasteiger partial charge in [0.15, 0.2) is 0 Å². The molecule has 4 atom stereocenters. The smallest absolute Gasteiger partial charge is 0.220 e. The van der Waals surface area contributed by atoms with Crippen LogP contribution < -0.4 is 5.32 Å². The summed E-state index contributed by atoms with van der Waals surface area (Å²) < 4.78 is 0. The highest BCUT2D eigenvalue weighted by atomic mass is 16.3. The van der Waals surface area contributed by atoms with Crippen LogP contribution in [0.5, 0.6) is 0 Å². The molecule has 0 unspecified atom stereocenters. The maximum absolute atomic E-state index is 12.3. The quantitative estimate of drug-likeness (QED) is 0.0341. The molecule has 0 saturated carbocycles. The molecule has 0 spiro atoms. The second-order valence-electron chi connectivity index (χ2n) is 11.6. The van der Waals surface area contributed by atoms with Crippen molar-refractivity contribution in [1.29, 1.82) is 0 Å². The van der Waals surface area contributed by atoms with Crippen LogP contribution in [0.4, 0.5) is 0 Å². The van der Waals surface area contributed by atoms with E-state index in [2.05, 4.69) is 25.2 Å². The molecule has 0 aliphatic heterocycles. The van der Waals surface area contributed by atoms with Crippen molar-refractivity contribution in [3.8, 4) is 0 Å². The van der Waals surface area contributed by atoms with Gasteiger partial charge < -0.3 is 25.7 Å². The third kappa shape index (κ3) is 28.5. The Hall–Kier alpha value is -1.99. The molecule has 0 rings (SSSR count). The summed E-state index contributed by atoms with van der Waals surface area (Å²) >= 11 is 0. The molecule has 0 aliphatic carbocycles. The third-order valence-corrected chi connectivity index (χ3v) is 7.44. The van der Waals surface area contributed by atoms with Crippen molar-refractivity contribution in [2.24, 2.45) is 0 Å². The van der Waals surface area contributed by atoms with Gasteiger partial charge in [-0.15, -0.1) is 0 Å². The number of nitrogens with one attached hydrogen (secondary N) is 1. The Morgan fingerprint density at radius 1 is 0.628 bits per heavy atom. The number of hydrogen-bond acceptors (Lipinski definition) is 5. The van der Waals surface area contributed by atoms with Gasteiger partial charge in [0.05, 0.1) is 31.0 Å². The van der Waals surface area contributed by atoms with E-state index in [1.54, 1.807) is 42.5 Å². The summed E-state index contributed by atoms with van der Waals surface area (Å²) in [7, 11) is 0. The standard InChI is InChI=1S/C37H65NO5/c1-3-5-7-9-11-12-13-14-15-16-18-24-30-36(42)35(32-39)38-37(43)31-25-29-34(41)28-23-20-19-22-27-33(40)26-21-17-10-8-6-4-2/h17,19-24,27-28,30,33-36,39-42H,3-16,18,25-26,29,31-32H2,1-2H3,(H,38,43)/b20-19+,21-17-,27-22+,28-23-,30-24+/t33-,34-,35-,36+/m0/s1. The van der Waals surface area contributed by atoms with Gasteiger partial charge in [-0.3, -0.25) is 4.79 Å². The lowest BCUT2D eigenvalue weighted by molar-refractivity contribution is -0.123. The van der Waals surface area contributed by atoms with Crippen LogP contribution in [-0.4, -0.2) is 57.3 Å². The number of aliphatic hydroxyl groups is 4. The van der Waals surface area contributed by atoms with Crippen LogP contribution in [0.3, 0.4) is 0 Å². The third-order valence-electron chi connectivity index (χ3n) is 7.44. The van der Waals surface area contributed by atoms with Crippen molar-refractivity contribution in [3.05, 3.63) is 60.8 Å². The Balaban J connectivity index is 4.02. The number of aliphatic hydroxyl groups excluding tert-OH is 4. The second kappa shape index (κ2) is 31.4. The second-order valence-corrected chi connectivity index (χ2v) is 11.6. The van der Waals surface area contributed by atoms with Gasteiger partial charge in [0, 0.05) is 6.42 Å². The van der Waals surface area contributed by atoms with E-state index in [0.29, 0.717) is 19.3 Å². The number of allylic oxidation sites excluding steroid dienone is 6. The molecule has 0 fully saturated rings. The van der Waals surface area contributed by atoms with Gasteiger partial charge in [-0.2, -0.15) is 0 Å². The zero-order chi connectivity index (χ0) is 31.8. The number of unbranched alkanes of at least 4 members (excludes halogenated alkanes) is 13. The van der Waals surface area contributed by atoms with E-state index in [9.17, 15) is 25.2 Å². The molecule has 1 amide bonds. The molecule has 6 nitrogen and oxygen atoms in total. The van der Waals surface area contributed by atoms with Gasteiger partial charge in [-0.1, -0.05) is 145 Å². The van der Waals surface area contributed by atoms with E-state index in [1.807, 2.05) is 12.2 Å². The van der Waals surface area contributed by atoms with Gasteiger partial charge >= 0.3 is 0 Å². The first kappa shape index (κ1) is 41.0. The van der Waals surface area contributed by atoms with E-state index in [1.165, 1.54) is 77.0 Å². The predicted molar refractivity (Wildman–Crippen MR) is 182 cm³/mol. The normalized spacial score (nSPS) is 15.4. The van der Waals surface area contributed by atoms with Crippen LogP contribution in [0.25, 0.3) is 0 Å². The molecular formula is C37H65NO5. The molecule has 248 valence electrons. The van der Waals surface area contributed by atoms with Gasteiger partial charge in [-0.05, 0) is 44.9 Å². The summed E-state index contributed by atoms with van der Waals surface area (Å²) in [5.41, 5.74) is 0. The summed E-state index contributed by atoms with van der Waals surface area (Å²) in [5.74, 6) is -0.253. The van der Waals surface area contributed by atoms with Crippen molar-refractivity contribution in [2.75, 3.05) is 6.61 Å². The number of carbonyl (C=O) groups excluding carboxylic acids is 1.